The number of fused-ring (bicyclic) bond motifs is 2. The van der Waals surface area contributed by atoms with Crippen molar-refractivity contribution >= 4 is 22.3 Å². The van der Waals surface area contributed by atoms with Gasteiger partial charge in [0.2, 0.25) is 0 Å². The maximum absolute atomic E-state index is 13.0. The molecule has 4 aromatic rings. The second-order valence-electron chi connectivity index (χ2n) is 7.56. The second-order valence-corrected chi connectivity index (χ2v) is 7.56. The number of amides is 1. The van der Waals surface area contributed by atoms with Crippen molar-refractivity contribution in [3.8, 4) is 0 Å². The number of hydrogen-bond acceptors (Lipinski definition) is 3. The van der Waals surface area contributed by atoms with Crippen LogP contribution in [0, 0.1) is 0 Å². The second kappa shape index (κ2) is 6.49. The first-order valence-electron chi connectivity index (χ1n) is 9.56. The van der Waals surface area contributed by atoms with Gasteiger partial charge in [-0.1, -0.05) is 42.5 Å². The Morgan fingerprint density at radius 2 is 1.96 bits per heavy atom. The molecule has 1 aliphatic rings. The van der Waals surface area contributed by atoms with Crippen LogP contribution in [-0.4, -0.2) is 49.3 Å². The van der Waals surface area contributed by atoms with E-state index in [4.69, 9.17) is 0 Å². The fourth-order valence-electron chi connectivity index (χ4n) is 4.31. The first-order valence-corrected chi connectivity index (χ1v) is 9.56. The summed E-state index contributed by atoms with van der Waals surface area (Å²) in [7, 11) is 1.90. The van der Waals surface area contributed by atoms with Crippen LogP contribution >= 0.6 is 0 Å². The van der Waals surface area contributed by atoms with Gasteiger partial charge in [0, 0.05) is 38.4 Å². The summed E-state index contributed by atoms with van der Waals surface area (Å²) in [6.45, 7) is 0.952. The van der Waals surface area contributed by atoms with Crippen LogP contribution in [0.4, 0.5) is 0 Å². The molecule has 0 spiro atoms. The summed E-state index contributed by atoms with van der Waals surface area (Å²) in [5.74, 6) is -0.0383. The minimum atomic E-state index is -0.585. The maximum atomic E-state index is 13.0. The van der Waals surface area contributed by atoms with Crippen molar-refractivity contribution in [1.82, 2.24) is 19.1 Å². The molecule has 2 unspecified atom stereocenters. The van der Waals surface area contributed by atoms with Gasteiger partial charge >= 0.3 is 0 Å². The van der Waals surface area contributed by atoms with Gasteiger partial charge in [0.05, 0.1) is 12.3 Å². The molecule has 2 aromatic carbocycles. The summed E-state index contributed by atoms with van der Waals surface area (Å²) in [4.78, 5) is 14.8. The van der Waals surface area contributed by atoms with Gasteiger partial charge in [-0.05, 0) is 22.8 Å². The van der Waals surface area contributed by atoms with Crippen molar-refractivity contribution in [2.24, 2.45) is 7.05 Å². The van der Waals surface area contributed by atoms with E-state index in [0.29, 0.717) is 18.7 Å². The van der Waals surface area contributed by atoms with Gasteiger partial charge in [0.15, 0.2) is 0 Å². The Balaban J connectivity index is 1.37. The van der Waals surface area contributed by atoms with Gasteiger partial charge < -0.3 is 14.6 Å². The third kappa shape index (κ3) is 2.68. The topological polar surface area (TPSA) is 62.8 Å². The lowest BCUT2D eigenvalue weighted by molar-refractivity contribution is 0.0383. The largest absolute Gasteiger partial charge is 0.391 e. The fourth-order valence-corrected chi connectivity index (χ4v) is 4.31. The number of carbonyl (C=O) groups excluding carboxylic acids is 1. The number of aliphatic hydroxyl groups is 1. The molecule has 6 nitrogen and oxygen atoms in total. The number of aromatic nitrogens is 3. The molecule has 2 aromatic heterocycles. The average Bonchev–Trinajstić information content (AvgIpc) is 3.30. The Morgan fingerprint density at radius 3 is 2.79 bits per heavy atom. The summed E-state index contributed by atoms with van der Waals surface area (Å²) < 4.78 is 3.59. The lowest BCUT2D eigenvalue weighted by Crippen LogP contribution is -2.45. The Labute approximate surface area is 162 Å². The molecule has 28 heavy (non-hydrogen) atoms. The highest BCUT2D eigenvalue weighted by molar-refractivity contribution is 6.00. The van der Waals surface area contributed by atoms with Crippen LogP contribution in [0.2, 0.25) is 0 Å². The van der Waals surface area contributed by atoms with Crippen molar-refractivity contribution in [3.05, 3.63) is 72.2 Å². The van der Waals surface area contributed by atoms with Crippen LogP contribution in [0.5, 0.6) is 0 Å². The van der Waals surface area contributed by atoms with E-state index in [2.05, 4.69) is 35.4 Å². The van der Waals surface area contributed by atoms with E-state index in [1.807, 2.05) is 36.1 Å². The van der Waals surface area contributed by atoms with Crippen LogP contribution < -0.4 is 0 Å². The number of likely N-dealkylation sites (tertiary alicyclic amines) is 1. The van der Waals surface area contributed by atoms with E-state index in [9.17, 15) is 9.90 Å². The van der Waals surface area contributed by atoms with Gasteiger partial charge in [-0.25, -0.2) is 4.52 Å². The molecular weight excluding hydrogens is 352 g/mol. The highest BCUT2D eigenvalue weighted by Crippen LogP contribution is 2.31. The zero-order chi connectivity index (χ0) is 19.3. The van der Waals surface area contributed by atoms with E-state index < -0.39 is 6.10 Å². The van der Waals surface area contributed by atoms with Crippen LogP contribution in [0.25, 0.3) is 16.4 Å². The molecular formula is C22H22N4O2. The first kappa shape index (κ1) is 17.0. The number of benzene rings is 2. The third-order valence-corrected chi connectivity index (χ3v) is 5.84. The molecule has 0 bridgehead atoms. The summed E-state index contributed by atoms with van der Waals surface area (Å²) in [5, 5.41) is 17.4. The number of aryl methyl sites for hydroxylation is 1. The lowest BCUT2D eigenvalue weighted by atomic mass is 9.86. The van der Waals surface area contributed by atoms with Gasteiger partial charge in [-0.3, -0.25) is 4.79 Å². The quantitative estimate of drug-likeness (QED) is 0.587. The van der Waals surface area contributed by atoms with E-state index in [1.165, 1.54) is 10.8 Å². The Kier molecular flexibility index (Phi) is 3.94. The number of piperidine rings is 1. The Hall–Kier alpha value is -3.12. The predicted octanol–water partition coefficient (Wildman–Crippen LogP) is 2.82. The summed E-state index contributed by atoms with van der Waals surface area (Å²) in [6, 6.07) is 14.6. The first-order chi connectivity index (χ1) is 13.6. The zero-order valence-electron chi connectivity index (χ0n) is 15.7. The summed E-state index contributed by atoms with van der Waals surface area (Å²) in [6.07, 6.45) is 5.47. The predicted molar refractivity (Wildman–Crippen MR) is 107 cm³/mol. The van der Waals surface area contributed by atoms with Crippen molar-refractivity contribution < 1.29 is 9.90 Å². The fraction of sp³-hybridized carbons (Fsp3) is 0.273. The maximum Gasteiger partial charge on any atom is 0.259 e. The number of carbonyl (C=O) groups is 1. The molecule has 2 atom stereocenters. The van der Waals surface area contributed by atoms with Crippen LogP contribution in [-0.2, 0) is 7.05 Å². The van der Waals surface area contributed by atoms with Crippen LogP contribution in [0.15, 0.2) is 61.1 Å². The molecule has 0 saturated carbocycles. The number of rotatable bonds is 2. The van der Waals surface area contributed by atoms with Gasteiger partial charge in [-0.2, -0.15) is 5.10 Å². The minimum Gasteiger partial charge on any atom is -0.391 e. The molecule has 1 fully saturated rings. The minimum absolute atomic E-state index is 0.0378. The van der Waals surface area contributed by atoms with Crippen LogP contribution in [0.1, 0.15) is 28.3 Å². The lowest BCUT2D eigenvalue weighted by Gasteiger charge is -2.36. The van der Waals surface area contributed by atoms with E-state index in [-0.39, 0.29) is 11.8 Å². The molecule has 1 aliphatic heterocycles. The highest BCUT2D eigenvalue weighted by atomic mass is 16.3. The normalized spacial score (nSPS) is 20.1. The average molecular weight is 374 g/mol. The molecule has 6 heteroatoms. The van der Waals surface area contributed by atoms with Gasteiger partial charge in [0.25, 0.3) is 5.91 Å². The number of hydrogen-bond donors (Lipinski definition) is 1. The molecule has 1 N–H and O–H groups in total. The Bertz CT molecular complexity index is 1180. The molecule has 0 radical (unpaired) electrons. The Morgan fingerprint density at radius 1 is 1.14 bits per heavy atom. The highest BCUT2D eigenvalue weighted by Gasteiger charge is 2.32. The molecule has 5 rings (SSSR count). The summed E-state index contributed by atoms with van der Waals surface area (Å²) >= 11 is 0. The SMILES string of the molecule is Cn1ccn2ncc(C(=O)N3CCC(c4ccc5ccccc5c4)C(O)C3)c12. The van der Waals surface area contributed by atoms with Crippen molar-refractivity contribution in [1.29, 1.82) is 0 Å². The third-order valence-electron chi connectivity index (χ3n) is 5.84. The molecule has 0 aliphatic carbocycles. The van der Waals surface area contributed by atoms with Crippen molar-refractivity contribution in [2.75, 3.05) is 13.1 Å². The van der Waals surface area contributed by atoms with Gasteiger partial charge in [0.1, 0.15) is 11.2 Å². The van der Waals surface area contributed by atoms with Crippen molar-refractivity contribution in [2.45, 2.75) is 18.4 Å². The standard InChI is InChI=1S/C22H22N4O2/c1-24-10-11-26-21(24)19(13-23-26)22(28)25-9-8-18(20(27)14-25)17-7-6-15-4-2-3-5-16(15)12-17/h2-7,10-13,18,20,27H,8-9,14H2,1H3. The molecule has 1 amide bonds. The number of nitrogens with zero attached hydrogens (tertiary/aromatic N) is 4. The van der Waals surface area contributed by atoms with Crippen molar-refractivity contribution in [3.63, 3.8) is 0 Å². The molecule has 142 valence electrons. The van der Waals surface area contributed by atoms with Crippen LogP contribution in [0.3, 0.4) is 0 Å². The smallest absolute Gasteiger partial charge is 0.259 e. The number of imidazole rings is 1. The van der Waals surface area contributed by atoms with Gasteiger partial charge in [-0.15, -0.1) is 0 Å². The summed E-state index contributed by atoms with van der Waals surface area (Å²) in [5.41, 5.74) is 2.48. The van der Waals surface area contributed by atoms with E-state index >= 15 is 0 Å². The van der Waals surface area contributed by atoms with E-state index in [0.717, 1.165) is 17.6 Å². The molecule has 1 saturated heterocycles. The van der Waals surface area contributed by atoms with E-state index in [1.54, 1.807) is 15.6 Å². The number of aliphatic hydroxyl groups excluding tert-OH is 1. The zero-order valence-corrected chi connectivity index (χ0v) is 15.7. The number of β-amino-alcohol motifs (C(OH)–C–C–N with tert-alkyl or cyclic N) is 1. The monoisotopic (exact) mass is 374 g/mol. The molecule has 3 heterocycles.